The van der Waals surface area contributed by atoms with E-state index < -0.39 is 0 Å². The number of hydrogen-bond donors (Lipinski definition) is 1. The highest BCUT2D eigenvalue weighted by molar-refractivity contribution is 4.95. The third kappa shape index (κ3) is 3.02. The van der Waals surface area contributed by atoms with Gasteiger partial charge in [0.1, 0.15) is 6.26 Å². The number of rotatable bonds is 4. The van der Waals surface area contributed by atoms with Crippen LogP contribution in [-0.2, 0) is 6.54 Å². The Labute approximate surface area is 89.3 Å². The van der Waals surface area contributed by atoms with Gasteiger partial charge in [-0.05, 0) is 0 Å². The Balaban J connectivity index is 1.74. The van der Waals surface area contributed by atoms with E-state index in [9.17, 15) is 0 Å². The Morgan fingerprint density at radius 2 is 2.00 bits per heavy atom. The van der Waals surface area contributed by atoms with Gasteiger partial charge >= 0.3 is 0 Å². The summed E-state index contributed by atoms with van der Waals surface area (Å²) in [6, 6.07) is 1.90. The van der Waals surface area contributed by atoms with E-state index >= 15 is 0 Å². The van der Waals surface area contributed by atoms with Crippen molar-refractivity contribution in [1.82, 2.24) is 15.0 Å². The first kappa shape index (κ1) is 10.6. The largest absolute Gasteiger partial charge is 0.395 e. The van der Waals surface area contributed by atoms with Crippen molar-refractivity contribution in [3.8, 4) is 0 Å². The van der Waals surface area contributed by atoms with Gasteiger partial charge in [0, 0.05) is 45.3 Å². The molecule has 0 unspecified atom stereocenters. The highest BCUT2D eigenvalue weighted by atomic mass is 16.5. The molecular weight excluding hydrogens is 194 g/mol. The average Bonchev–Trinajstić information content (AvgIpc) is 2.74. The molecule has 1 fully saturated rings. The summed E-state index contributed by atoms with van der Waals surface area (Å²) in [6.07, 6.45) is 1.61. The molecule has 0 aromatic carbocycles. The minimum atomic E-state index is 0.253. The lowest BCUT2D eigenvalue weighted by Gasteiger charge is -2.33. The van der Waals surface area contributed by atoms with Crippen LogP contribution in [0.15, 0.2) is 16.9 Å². The Hall–Kier alpha value is -0.910. The summed E-state index contributed by atoms with van der Waals surface area (Å²) in [5.74, 6) is 0. The van der Waals surface area contributed by atoms with Crippen molar-refractivity contribution in [1.29, 1.82) is 0 Å². The number of β-amino-alcohol motifs (C(OH)–C–C–N with tert-alkyl or cyclic N) is 1. The van der Waals surface area contributed by atoms with E-state index in [0.29, 0.717) is 0 Å². The summed E-state index contributed by atoms with van der Waals surface area (Å²) in [5, 5.41) is 12.7. The first-order chi connectivity index (χ1) is 7.38. The second kappa shape index (κ2) is 5.25. The van der Waals surface area contributed by atoms with Crippen LogP contribution in [0.5, 0.6) is 0 Å². The zero-order valence-electron chi connectivity index (χ0n) is 8.80. The molecule has 5 heteroatoms. The number of piperazine rings is 1. The molecule has 1 N–H and O–H groups in total. The Kier molecular flexibility index (Phi) is 3.71. The van der Waals surface area contributed by atoms with Crippen molar-refractivity contribution in [2.75, 3.05) is 39.3 Å². The van der Waals surface area contributed by atoms with Gasteiger partial charge in [0.25, 0.3) is 0 Å². The second-order valence-electron chi connectivity index (χ2n) is 3.83. The lowest BCUT2D eigenvalue weighted by atomic mass is 10.3. The predicted molar refractivity (Wildman–Crippen MR) is 55.3 cm³/mol. The van der Waals surface area contributed by atoms with Gasteiger partial charge < -0.3 is 9.63 Å². The number of aromatic nitrogens is 1. The summed E-state index contributed by atoms with van der Waals surface area (Å²) >= 11 is 0. The maximum absolute atomic E-state index is 8.81. The summed E-state index contributed by atoms with van der Waals surface area (Å²) in [5.41, 5.74) is 0.991. The molecule has 0 aliphatic carbocycles. The van der Waals surface area contributed by atoms with E-state index in [1.165, 1.54) is 0 Å². The van der Waals surface area contributed by atoms with Gasteiger partial charge in [0.15, 0.2) is 0 Å². The maximum atomic E-state index is 8.81. The molecule has 0 atom stereocenters. The number of nitrogens with zero attached hydrogens (tertiary/aromatic N) is 3. The number of aliphatic hydroxyl groups is 1. The fourth-order valence-corrected chi connectivity index (χ4v) is 1.86. The molecule has 0 amide bonds. The summed E-state index contributed by atoms with van der Waals surface area (Å²) in [6.45, 7) is 6.03. The van der Waals surface area contributed by atoms with Crippen molar-refractivity contribution >= 4 is 0 Å². The monoisotopic (exact) mass is 211 g/mol. The maximum Gasteiger partial charge on any atom is 0.124 e. The molecule has 0 spiro atoms. The van der Waals surface area contributed by atoms with Crippen LogP contribution in [0, 0.1) is 0 Å². The first-order valence-electron chi connectivity index (χ1n) is 5.33. The third-order valence-corrected chi connectivity index (χ3v) is 2.76. The molecule has 1 aliphatic rings. The van der Waals surface area contributed by atoms with Gasteiger partial charge in [0.05, 0.1) is 12.3 Å². The van der Waals surface area contributed by atoms with Gasteiger partial charge in [-0.2, -0.15) is 0 Å². The molecular formula is C10H17N3O2. The van der Waals surface area contributed by atoms with E-state index in [0.717, 1.165) is 45.0 Å². The van der Waals surface area contributed by atoms with Crippen molar-refractivity contribution < 1.29 is 9.63 Å². The van der Waals surface area contributed by atoms with Crippen LogP contribution < -0.4 is 0 Å². The normalized spacial score (nSPS) is 19.5. The van der Waals surface area contributed by atoms with E-state index in [1.807, 2.05) is 6.07 Å². The smallest absolute Gasteiger partial charge is 0.124 e. The predicted octanol–water partition coefficient (Wildman–Crippen LogP) is -0.216. The van der Waals surface area contributed by atoms with Gasteiger partial charge in [0.2, 0.25) is 0 Å². The van der Waals surface area contributed by atoms with Crippen LogP contribution in [0.3, 0.4) is 0 Å². The summed E-state index contributed by atoms with van der Waals surface area (Å²) < 4.78 is 4.80. The molecule has 84 valence electrons. The van der Waals surface area contributed by atoms with Crippen molar-refractivity contribution in [3.63, 3.8) is 0 Å². The van der Waals surface area contributed by atoms with Gasteiger partial charge in [-0.1, -0.05) is 5.16 Å². The lowest BCUT2D eigenvalue weighted by Crippen LogP contribution is -2.46. The van der Waals surface area contributed by atoms with Crippen LogP contribution in [-0.4, -0.2) is 59.4 Å². The van der Waals surface area contributed by atoms with E-state index in [1.54, 1.807) is 6.26 Å². The van der Waals surface area contributed by atoms with E-state index in [2.05, 4.69) is 15.0 Å². The van der Waals surface area contributed by atoms with Crippen molar-refractivity contribution in [2.45, 2.75) is 6.54 Å². The van der Waals surface area contributed by atoms with Crippen molar-refractivity contribution in [3.05, 3.63) is 18.0 Å². The molecule has 0 bridgehead atoms. The van der Waals surface area contributed by atoms with Crippen LogP contribution in [0.1, 0.15) is 5.69 Å². The highest BCUT2D eigenvalue weighted by Crippen LogP contribution is 2.06. The van der Waals surface area contributed by atoms with Crippen molar-refractivity contribution in [2.24, 2.45) is 0 Å². The minimum Gasteiger partial charge on any atom is -0.395 e. The highest BCUT2D eigenvalue weighted by Gasteiger charge is 2.16. The van der Waals surface area contributed by atoms with Crippen LogP contribution in [0.4, 0.5) is 0 Å². The third-order valence-electron chi connectivity index (χ3n) is 2.76. The van der Waals surface area contributed by atoms with Gasteiger partial charge in [-0.3, -0.25) is 9.80 Å². The molecule has 5 nitrogen and oxygen atoms in total. The molecule has 2 rings (SSSR count). The fourth-order valence-electron chi connectivity index (χ4n) is 1.86. The number of hydrogen-bond acceptors (Lipinski definition) is 5. The Morgan fingerprint density at radius 3 is 2.60 bits per heavy atom. The van der Waals surface area contributed by atoms with Gasteiger partial charge in [-0.25, -0.2) is 0 Å². The van der Waals surface area contributed by atoms with E-state index in [-0.39, 0.29) is 6.61 Å². The van der Waals surface area contributed by atoms with Crippen LogP contribution >= 0.6 is 0 Å². The molecule has 1 aliphatic heterocycles. The van der Waals surface area contributed by atoms with Crippen LogP contribution in [0.25, 0.3) is 0 Å². The molecule has 2 heterocycles. The SMILES string of the molecule is OCCN1CCN(Cc2ccon2)CC1. The molecule has 15 heavy (non-hydrogen) atoms. The van der Waals surface area contributed by atoms with E-state index in [4.69, 9.17) is 9.63 Å². The topological polar surface area (TPSA) is 52.7 Å². The minimum absolute atomic E-state index is 0.253. The molecule has 0 saturated carbocycles. The quantitative estimate of drug-likeness (QED) is 0.746. The standard InChI is InChI=1S/C10H17N3O2/c14-7-6-12-2-4-13(5-3-12)9-10-1-8-15-11-10/h1,8,14H,2-7,9H2. The Morgan fingerprint density at radius 1 is 1.27 bits per heavy atom. The second-order valence-corrected chi connectivity index (χ2v) is 3.83. The zero-order valence-corrected chi connectivity index (χ0v) is 8.80. The molecule has 1 saturated heterocycles. The summed E-state index contributed by atoms with van der Waals surface area (Å²) in [7, 11) is 0. The Bertz CT molecular complexity index is 268. The average molecular weight is 211 g/mol. The first-order valence-corrected chi connectivity index (χ1v) is 5.33. The summed E-state index contributed by atoms with van der Waals surface area (Å²) in [4.78, 5) is 4.63. The molecule has 1 aromatic heterocycles. The molecule has 0 radical (unpaired) electrons. The fraction of sp³-hybridized carbons (Fsp3) is 0.700. The number of aliphatic hydroxyl groups excluding tert-OH is 1. The molecule has 1 aromatic rings. The van der Waals surface area contributed by atoms with Crippen LogP contribution in [0.2, 0.25) is 0 Å². The van der Waals surface area contributed by atoms with Gasteiger partial charge in [-0.15, -0.1) is 0 Å². The zero-order chi connectivity index (χ0) is 10.5. The lowest BCUT2D eigenvalue weighted by molar-refractivity contribution is 0.107.